The summed E-state index contributed by atoms with van der Waals surface area (Å²) in [6, 6.07) is 9.17. The number of esters is 1. The minimum atomic E-state index is -0.435. The molecular formula is C20H26FNO2. The van der Waals surface area contributed by atoms with Gasteiger partial charge in [0.25, 0.3) is 0 Å². The van der Waals surface area contributed by atoms with Crippen LogP contribution in [-0.4, -0.2) is 43.3 Å². The highest BCUT2D eigenvalue weighted by Gasteiger charge is 2.50. The second kappa shape index (κ2) is 7.47. The fourth-order valence-electron chi connectivity index (χ4n) is 4.47. The van der Waals surface area contributed by atoms with Crippen molar-refractivity contribution in [3.05, 3.63) is 47.5 Å². The number of hydrogen-bond acceptors (Lipinski definition) is 3. The van der Waals surface area contributed by atoms with Crippen molar-refractivity contribution in [2.45, 2.75) is 44.2 Å². The molecule has 0 saturated carbocycles. The number of carbonyl (C=O) groups excluding carboxylic acids is 1. The molecule has 2 saturated heterocycles. The van der Waals surface area contributed by atoms with E-state index in [0.717, 1.165) is 19.3 Å². The molecule has 0 N–H and O–H groups in total. The second-order valence-electron chi connectivity index (χ2n) is 6.92. The summed E-state index contributed by atoms with van der Waals surface area (Å²) in [5.41, 5.74) is 2.46. The molecule has 4 heteroatoms. The number of carbonyl (C=O) groups is 1. The summed E-state index contributed by atoms with van der Waals surface area (Å²) in [6.45, 7) is 2.36. The van der Waals surface area contributed by atoms with Crippen molar-refractivity contribution in [1.29, 1.82) is 0 Å². The standard InChI is InChI=1S/C20H26FNO2/c1-14-5-7-15(8-6-14)17-13-16-9-10-18(19(17)20(23)24-2)22(16)12-4-3-11-21/h3-8,16-19H,9-13H2,1-2H3/b4-3+/t16-,17+,18+,19-/m0/s1/i21-1. The monoisotopic (exact) mass is 330 g/mol. The van der Waals surface area contributed by atoms with Crippen LogP contribution in [0, 0.1) is 12.8 Å². The van der Waals surface area contributed by atoms with E-state index in [1.54, 1.807) is 6.08 Å². The Balaban J connectivity index is 1.87. The second-order valence-corrected chi connectivity index (χ2v) is 6.92. The average Bonchev–Trinajstić information content (AvgIpc) is 2.87. The van der Waals surface area contributed by atoms with Crippen molar-refractivity contribution in [2.24, 2.45) is 5.92 Å². The highest BCUT2D eigenvalue weighted by atomic mass is 18.2. The molecule has 0 aromatic heterocycles. The van der Waals surface area contributed by atoms with Crippen molar-refractivity contribution >= 4 is 5.97 Å². The lowest BCUT2D eigenvalue weighted by Crippen LogP contribution is -2.50. The zero-order chi connectivity index (χ0) is 17.1. The number of alkyl halides is 1. The Kier molecular flexibility index (Phi) is 5.34. The topological polar surface area (TPSA) is 29.5 Å². The van der Waals surface area contributed by atoms with Gasteiger partial charge in [-0.05, 0) is 31.7 Å². The van der Waals surface area contributed by atoms with Gasteiger partial charge in [-0.1, -0.05) is 42.0 Å². The van der Waals surface area contributed by atoms with Gasteiger partial charge in [-0.15, -0.1) is 0 Å². The number of methoxy groups -OCH3 is 1. The maximum absolute atomic E-state index is 12.6. The summed E-state index contributed by atoms with van der Waals surface area (Å²) >= 11 is 0. The number of ether oxygens (including phenoxy) is 1. The first-order valence-electron chi connectivity index (χ1n) is 8.76. The van der Waals surface area contributed by atoms with Gasteiger partial charge in [-0.25, -0.2) is 4.39 Å². The van der Waals surface area contributed by atoms with Crippen LogP contribution in [0.1, 0.15) is 36.3 Å². The lowest BCUT2D eigenvalue weighted by atomic mass is 9.76. The van der Waals surface area contributed by atoms with Crippen molar-refractivity contribution < 1.29 is 13.9 Å². The summed E-state index contributed by atoms with van der Waals surface area (Å²) in [5.74, 6) is -0.0578. The van der Waals surface area contributed by atoms with Gasteiger partial charge < -0.3 is 4.74 Å². The van der Waals surface area contributed by atoms with E-state index >= 15 is 0 Å². The molecule has 2 aliphatic heterocycles. The van der Waals surface area contributed by atoms with Crippen molar-refractivity contribution in [3.8, 4) is 0 Å². The van der Waals surface area contributed by atoms with E-state index in [1.165, 1.54) is 18.2 Å². The van der Waals surface area contributed by atoms with E-state index in [-0.39, 0.29) is 23.8 Å². The predicted molar refractivity (Wildman–Crippen MR) is 92.7 cm³/mol. The number of fused-ring (bicyclic) bond motifs is 2. The zero-order valence-electron chi connectivity index (χ0n) is 14.5. The molecule has 0 amide bonds. The number of benzene rings is 1. The van der Waals surface area contributed by atoms with E-state index in [1.807, 2.05) is 6.08 Å². The molecule has 2 heterocycles. The van der Waals surface area contributed by atoms with Crippen molar-refractivity contribution in [2.75, 3.05) is 20.3 Å². The van der Waals surface area contributed by atoms with Crippen LogP contribution in [0.15, 0.2) is 36.4 Å². The van der Waals surface area contributed by atoms with Gasteiger partial charge >= 0.3 is 5.97 Å². The van der Waals surface area contributed by atoms with Gasteiger partial charge in [-0.3, -0.25) is 9.69 Å². The highest BCUT2D eigenvalue weighted by molar-refractivity contribution is 5.75. The fourth-order valence-corrected chi connectivity index (χ4v) is 4.47. The van der Waals surface area contributed by atoms with E-state index < -0.39 is 6.67 Å². The molecule has 3 rings (SSSR count). The fraction of sp³-hybridized carbons (Fsp3) is 0.550. The lowest BCUT2D eigenvalue weighted by molar-refractivity contribution is -0.150. The van der Waals surface area contributed by atoms with Crippen LogP contribution in [0.2, 0.25) is 0 Å². The molecule has 1 aromatic carbocycles. The van der Waals surface area contributed by atoms with E-state index in [9.17, 15) is 9.18 Å². The number of halogens is 1. The largest absolute Gasteiger partial charge is 0.469 e. The van der Waals surface area contributed by atoms with Gasteiger partial charge in [0.2, 0.25) is 0 Å². The maximum atomic E-state index is 12.6. The van der Waals surface area contributed by atoms with Gasteiger partial charge in [0, 0.05) is 24.5 Å². The van der Waals surface area contributed by atoms with Crippen LogP contribution in [0.5, 0.6) is 0 Å². The first-order chi connectivity index (χ1) is 11.7. The molecular weight excluding hydrogens is 304 g/mol. The molecule has 3 nitrogen and oxygen atoms in total. The van der Waals surface area contributed by atoms with E-state index in [4.69, 9.17) is 4.74 Å². The third-order valence-electron chi connectivity index (χ3n) is 5.62. The lowest BCUT2D eigenvalue weighted by Gasteiger charge is -2.43. The number of nitrogens with zero attached hydrogens (tertiary/aromatic N) is 1. The van der Waals surface area contributed by atoms with Crippen LogP contribution in [-0.2, 0) is 9.53 Å². The Bertz CT molecular complexity index is 598. The highest BCUT2D eigenvalue weighted by Crippen LogP contribution is 2.47. The van der Waals surface area contributed by atoms with Crippen molar-refractivity contribution in [3.63, 3.8) is 0 Å². The Morgan fingerprint density at radius 3 is 2.71 bits per heavy atom. The number of aryl methyl sites for hydroxylation is 1. The average molecular weight is 330 g/mol. The molecule has 0 spiro atoms. The number of hydrogen-bond donors (Lipinski definition) is 0. The first-order valence-corrected chi connectivity index (χ1v) is 8.76. The Morgan fingerprint density at radius 1 is 1.29 bits per heavy atom. The van der Waals surface area contributed by atoms with Crippen LogP contribution in [0.4, 0.5) is 4.39 Å². The summed E-state index contributed by atoms with van der Waals surface area (Å²) in [7, 11) is 1.48. The zero-order valence-corrected chi connectivity index (χ0v) is 14.5. The van der Waals surface area contributed by atoms with Crippen LogP contribution >= 0.6 is 0 Å². The molecule has 2 bridgehead atoms. The third kappa shape index (κ3) is 3.25. The number of rotatable bonds is 5. The molecule has 24 heavy (non-hydrogen) atoms. The summed E-state index contributed by atoms with van der Waals surface area (Å²) in [5, 5.41) is 0. The molecule has 0 unspecified atom stereocenters. The van der Waals surface area contributed by atoms with Gasteiger partial charge in [0.05, 0.1) is 13.0 Å². The first kappa shape index (κ1) is 17.2. The summed E-state index contributed by atoms with van der Waals surface area (Å²) in [4.78, 5) is 14.9. The van der Waals surface area contributed by atoms with Crippen LogP contribution in [0.3, 0.4) is 0 Å². The Labute approximate surface area is 143 Å². The molecule has 130 valence electrons. The number of allylic oxidation sites excluding steroid dienone is 1. The quantitative estimate of drug-likeness (QED) is 0.610. The minimum Gasteiger partial charge on any atom is -0.469 e. The molecule has 0 radical (unpaired) electrons. The SMILES string of the molecule is COC(=O)[C@H]1[C@@H](c2ccc(C)cc2)C[C@@H]2CC[C@H]1N2C/C=C/C[18F]. The Hall–Kier alpha value is -1.68. The summed E-state index contributed by atoms with van der Waals surface area (Å²) < 4.78 is 17.5. The minimum absolute atomic E-state index is 0.120. The van der Waals surface area contributed by atoms with Gasteiger partial charge in [0.15, 0.2) is 0 Å². The van der Waals surface area contributed by atoms with Crippen molar-refractivity contribution in [1.82, 2.24) is 4.90 Å². The number of piperidine rings is 1. The maximum Gasteiger partial charge on any atom is 0.310 e. The summed E-state index contributed by atoms with van der Waals surface area (Å²) in [6.07, 6.45) is 6.51. The molecule has 2 fully saturated rings. The third-order valence-corrected chi connectivity index (χ3v) is 5.62. The van der Waals surface area contributed by atoms with Crippen LogP contribution in [0.25, 0.3) is 0 Å². The molecule has 1 aromatic rings. The molecule has 4 atom stereocenters. The predicted octanol–water partition coefficient (Wildman–Crippen LogP) is 3.63. The smallest absolute Gasteiger partial charge is 0.310 e. The molecule has 2 aliphatic rings. The van der Waals surface area contributed by atoms with E-state index in [2.05, 4.69) is 36.1 Å². The van der Waals surface area contributed by atoms with Crippen LogP contribution < -0.4 is 0 Å². The molecule has 0 aliphatic carbocycles. The van der Waals surface area contributed by atoms with Gasteiger partial charge in [0.1, 0.15) is 6.67 Å². The normalized spacial score (nSPS) is 30.0. The van der Waals surface area contributed by atoms with Gasteiger partial charge in [-0.2, -0.15) is 0 Å². The Morgan fingerprint density at radius 2 is 2.04 bits per heavy atom. The van der Waals surface area contributed by atoms with E-state index in [0.29, 0.717) is 12.6 Å².